The molecule has 0 unspecified atom stereocenters. The molecule has 2 aromatic rings. The van der Waals surface area contributed by atoms with Gasteiger partial charge >= 0.3 is 0 Å². The lowest BCUT2D eigenvalue weighted by atomic mass is 10.2. The van der Waals surface area contributed by atoms with Gasteiger partial charge in [0.05, 0.1) is 18.2 Å². The summed E-state index contributed by atoms with van der Waals surface area (Å²) >= 11 is 11.5. The Morgan fingerprint density at radius 1 is 1.15 bits per heavy atom. The lowest BCUT2D eigenvalue weighted by Gasteiger charge is -1.98. The Balaban J connectivity index is 2.53. The molecule has 1 N–H and O–H groups in total. The fraction of sp³-hybridized carbons (Fsp3) is 0. The number of imidazole rings is 1. The second kappa shape index (κ2) is 3.36. The predicted molar refractivity (Wildman–Crippen MR) is 51.8 cm³/mol. The van der Waals surface area contributed by atoms with Crippen molar-refractivity contribution in [2.24, 2.45) is 0 Å². The highest BCUT2D eigenvalue weighted by atomic mass is 35.5. The first-order valence-electron chi connectivity index (χ1n) is 3.57. The van der Waals surface area contributed by atoms with Crippen LogP contribution >= 0.6 is 23.2 Å². The van der Waals surface area contributed by atoms with Crippen LogP contribution in [0.25, 0.3) is 11.3 Å². The predicted octanol–water partition coefficient (Wildman–Crippen LogP) is 2.78. The number of aromatic nitrogens is 3. The average Bonchev–Trinajstić information content (AvgIpc) is 2.53. The van der Waals surface area contributed by atoms with E-state index in [0.29, 0.717) is 10.3 Å². The van der Waals surface area contributed by atoms with Gasteiger partial charge in [-0.25, -0.2) is 9.97 Å². The number of pyridine rings is 1. The third-order valence-electron chi connectivity index (χ3n) is 1.57. The lowest BCUT2D eigenvalue weighted by molar-refractivity contribution is 1.30. The van der Waals surface area contributed by atoms with Crippen molar-refractivity contribution >= 4 is 23.2 Å². The van der Waals surface area contributed by atoms with Crippen LogP contribution in [-0.2, 0) is 0 Å². The number of nitrogens with one attached hydrogen (secondary N) is 1. The van der Waals surface area contributed by atoms with Gasteiger partial charge in [-0.15, -0.1) is 0 Å². The van der Waals surface area contributed by atoms with E-state index in [0.717, 1.165) is 11.3 Å². The summed E-state index contributed by atoms with van der Waals surface area (Å²) in [5.74, 6) is 0. The number of nitrogens with zero attached hydrogens (tertiary/aromatic N) is 2. The van der Waals surface area contributed by atoms with Crippen LogP contribution in [0.3, 0.4) is 0 Å². The zero-order valence-electron chi connectivity index (χ0n) is 6.46. The molecule has 0 amide bonds. The van der Waals surface area contributed by atoms with Crippen LogP contribution in [-0.4, -0.2) is 15.0 Å². The summed E-state index contributed by atoms with van der Waals surface area (Å²) in [4.78, 5) is 10.7. The SMILES string of the molecule is Clc1cc(-c2cnc[nH]2)cc(Cl)n1. The topological polar surface area (TPSA) is 41.6 Å². The fourth-order valence-corrected chi connectivity index (χ4v) is 1.49. The molecule has 0 aliphatic heterocycles. The molecular weight excluding hydrogens is 209 g/mol. The smallest absolute Gasteiger partial charge is 0.131 e. The zero-order chi connectivity index (χ0) is 9.26. The molecule has 66 valence electrons. The third kappa shape index (κ3) is 1.82. The minimum absolute atomic E-state index is 0.372. The van der Waals surface area contributed by atoms with Crippen molar-refractivity contribution in [2.75, 3.05) is 0 Å². The van der Waals surface area contributed by atoms with Gasteiger partial charge in [0, 0.05) is 5.56 Å². The zero-order valence-corrected chi connectivity index (χ0v) is 7.97. The van der Waals surface area contributed by atoms with Crippen molar-refractivity contribution < 1.29 is 0 Å². The second-order valence-electron chi connectivity index (χ2n) is 2.47. The summed E-state index contributed by atoms with van der Waals surface area (Å²) in [5, 5.41) is 0.745. The average molecular weight is 214 g/mol. The highest BCUT2D eigenvalue weighted by Crippen LogP contribution is 2.22. The molecule has 0 spiro atoms. The number of H-pyrrole nitrogens is 1. The van der Waals surface area contributed by atoms with Crippen molar-refractivity contribution in [3.63, 3.8) is 0 Å². The Morgan fingerprint density at radius 2 is 1.85 bits per heavy atom. The number of halogens is 2. The van der Waals surface area contributed by atoms with Crippen LogP contribution < -0.4 is 0 Å². The molecule has 3 nitrogen and oxygen atoms in total. The first kappa shape index (κ1) is 8.53. The van der Waals surface area contributed by atoms with Crippen LogP contribution in [0.15, 0.2) is 24.7 Å². The van der Waals surface area contributed by atoms with Gasteiger partial charge in [0.2, 0.25) is 0 Å². The summed E-state index contributed by atoms with van der Waals surface area (Å²) in [6, 6.07) is 3.45. The van der Waals surface area contributed by atoms with Crippen LogP contribution in [0.5, 0.6) is 0 Å². The van der Waals surface area contributed by atoms with Gasteiger partial charge < -0.3 is 4.98 Å². The number of hydrogen-bond donors (Lipinski definition) is 1. The minimum atomic E-state index is 0.372. The molecular formula is C8H5Cl2N3. The van der Waals surface area contributed by atoms with Gasteiger partial charge in [-0.1, -0.05) is 23.2 Å². The molecule has 0 saturated carbocycles. The summed E-state index contributed by atoms with van der Waals surface area (Å²) in [6.45, 7) is 0. The van der Waals surface area contributed by atoms with E-state index in [1.807, 2.05) is 0 Å². The van der Waals surface area contributed by atoms with E-state index >= 15 is 0 Å². The lowest BCUT2D eigenvalue weighted by Crippen LogP contribution is -1.81. The highest BCUT2D eigenvalue weighted by Gasteiger charge is 2.02. The van der Waals surface area contributed by atoms with Crippen molar-refractivity contribution in [2.45, 2.75) is 0 Å². The van der Waals surface area contributed by atoms with Gasteiger partial charge in [0.1, 0.15) is 10.3 Å². The van der Waals surface area contributed by atoms with Crippen LogP contribution in [0.2, 0.25) is 10.3 Å². The fourth-order valence-electron chi connectivity index (χ4n) is 1.03. The molecule has 0 aromatic carbocycles. The second-order valence-corrected chi connectivity index (χ2v) is 3.24. The van der Waals surface area contributed by atoms with Crippen LogP contribution in [0, 0.1) is 0 Å². The Kier molecular flexibility index (Phi) is 2.20. The maximum Gasteiger partial charge on any atom is 0.131 e. The largest absolute Gasteiger partial charge is 0.345 e. The van der Waals surface area contributed by atoms with E-state index in [4.69, 9.17) is 23.2 Å². The van der Waals surface area contributed by atoms with Crippen molar-refractivity contribution in [1.82, 2.24) is 15.0 Å². The molecule has 0 radical (unpaired) electrons. The molecule has 0 atom stereocenters. The molecule has 0 aliphatic carbocycles. The van der Waals surface area contributed by atoms with Gasteiger partial charge in [-0.3, -0.25) is 0 Å². The molecule has 13 heavy (non-hydrogen) atoms. The van der Waals surface area contributed by atoms with Gasteiger partial charge in [-0.2, -0.15) is 0 Å². The van der Waals surface area contributed by atoms with Gasteiger partial charge in [0.25, 0.3) is 0 Å². The minimum Gasteiger partial charge on any atom is -0.345 e. The Hall–Kier alpha value is -1.06. The maximum absolute atomic E-state index is 5.74. The van der Waals surface area contributed by atoms with E-state index in [1.54, 1.807) is 24.7 Å². The number of aromatic amines is 1. The van der Waals surface area contributed by atoms with Crippen molar-refractivity contribution in [3.05, 3.63) is 35.0 Å². The quantitative estimate of drug-likeness (QED) is 0.741. The molecule has 0 fully saturated rings. The van der Waals surface area contributed by atoms with Gasteiger partial charge in [-0.05, 0) is 12.1 Å². The number of rotatable bonds is 1. The van der Waals surface area contributed by atoms with E-state index in [9.17, 15) is 0 Å². The van der Waals surface area contributed by atoms with Crippen molar-refractivity contribution in [3.8, 4) is 11.3 Å². The molecule has 2 aromatic heterocycles. The first-order chi connectivity index (χ1) is 6.25. The van der Waals surface area contributed by atoms with Crippen molar-refractivity contribution in [1.29, 1.82) is 0 Å². The normalized spacial score (nSPS) is 10.3. The van der Waals surface area contributed by atoms with Crippen LogP contribution in [0.4, 0.5) is 0 Å². The highest BCUT2D eigenvalue weighted by molar-refractivity contribution is 6.32. The summed E-state index contributed by atoms with van der Waals surface area (Å²) in [7, 11) is 0. The maximum atomic E-state index is 5.74. The van der Waals surface area contributed by atoms with Gasteiger partial charge in [0.15, 0.2) is 0 Å². The monoisotopic (exact) mass is 213 g/mol. The van der Waals surface area contributed by atoms with E-state index in [-0.39, 0.29) is 0 Å². The molecule has 5 heteroatoms. The molecule has 0 bridgehead atoms. The standard InChI is InChI=1S/C8H5Cl2N3/c9-7-1-5(2-8(10)13-7)6-3-11-4-12-6/h1-4H,(H,11,12). The summed E-state index contributed by atoms with van der Waals surface area (Å²) in [6.07, 6.45) is 3.29. The summed E-state index contributed by atoms with van der Waals surface area (Å²) < 4.78 is 0. The molecule has 2 rings (SSSR count). The molecule has 2 heterocycles. The third-order valence-corrected chi connectivity index (χ3v) is 1.96. The van der Waals surface area contributed by atoms with E-state index in [2.05, 4.69) is 15.0 Å². The van der Waals surface area contributed by atoms with Crippen LogP contribution in [0.1, 0.15) is 0 Å². The first-order valence-corrected chi connectivity index (χ1v) is 4.33. The Bertz CT molecular complexity index is 391. The van der Waals surface area contributed by atoms with E-state index < -0.39 is 0 Å². The Labute approximate surface area is 84.7 Å². The molecule has 0 saturated heterocycles. The summed E-state index contributed by atoms with van der Waals surface area (Å²) in [5.41, 5.74) is 1.74. The molecule has 0 aliphatic rings. The van der Waals surface area contributed by atoms with E-state index in [1.165, 1.54) is 0 Å². The Morgan fingerprint density at radius 3 is 2.38 bits per heavy atom. The number of hydrogen-bond acceptors (Lipinski definition) is 2.